The molecule has 0 aromatic rings. The van der Waals surface area contributed by atoms with E-state index in [1.807, 2.05) is 6.08 Å². The van der Waals surface area contributed by atoms with Gasteiger partial charge < -0.3 is 14.2 Å². The van der Waals surface area contributed by atoms with Gasteiger partial charge in [0.05, 0.1) is 6.42 Å². The first-order chi connectivity index (χ1) is 27.5. The van der Waals surface area contributed by atoms with Crippen molar-refractivity contribution in [2.45, 2.75) is 213 Å². The fourth-order valence-corrected chi connectivity index (χ4v) is 6.00. The predicted molar refractivity (Wildman–Crippen MR) is 238 cm³/mol. The number of unbranched alkanes of at least 4 members (excludes halogenated alkanes) is 18. The van der Waals surface area contributed by atoms with Crippen LogP contribution in [0.2, 0.25) is 0 Å². The van der Waals surface area contributed by atoms with Gasteiger partial charge in [0, 0.05) is 12.8 Å². The maximum atomic E-state index is 12.7. The number of hydrogen-bond acceptors (Lipinski definition) is 6. The van der Waals surface area contributed by atoms with Crippen LogP contribution in [0.5, 0.6) is 0 Å². The topological polar surface area (TPSA) is 78.9 Å². The molecule has 1 unspecified atom stereocenters. The first kappa shape index (κ1) is 52.9. The molecule has 0 aromatic heterocycles. The van der Waals surface area contributed by atoms with Crippen molar-refractivity contribution in [3.63, 3.8) is 0 Å². The summed E-state index contributed by atoms with van der Waals surface area (Å²) in [5, 5.41) is 0. The van der Waals surface area contributed by atoms with Crippen LogP contribution in [-0.2, 0) is 28.6 Å². The number of hydrogen-bond donors (Lipinski definition) is 0. The van der Waals surface area contributed by atoms with Crippen molar-refractivity contribution in [2.24, 2.45) is 0 Å². The van der Waals surface area contributed by atoms with Crippen molar-refractivity contribution in [3.8, 4) is 0 Å². The van der Waals surface area contributed by atoms with Crippen LogP contribution in [0.3, 0.4) is 0 Å². The summed E-state index contributed by atoms with van der Waals surface area (Å²) in [5.41, 5.74) is 0. The Morgan fingerprint density at radius 1 is 0.393 bits per heavy atom. The van der Waals surface area contributed by atoms with Crippen molar-refractivity contribution in [3.05, 3.63) is 72.9 Å². The van der Waals surface area contributed by atoms with Crippen LogP contribution < -0.4 is 0 Å². The highest BCUT2D eigenvalue weighted by molar-refractivity contribution is 5.72. The van der Waals surface area contributed by atoms with E-state index in [2.05, 4.69) is 81.5 Å². The molecule has 0 saturated carbocycles. The summed E-state index contributed by atoms with van der Waals surface area (Å²) in [6.45, 7) is 6.34. The number of carbonyl (C=O) groups is 3. The molecule has 320 valence electrons. The molecule has 0 amide bonds. The van der Waals surface area contributed by atoms with Gasteiger partial charge in [-0.3, -0.25) is 14.4 Å². The standard InChI is InChI=1S/C50H84O6/c1-4-7-10-13-16-19-21-23-24-25-26-27-29-31-34-37-40-43-49(52)55-46-47(45-54-48(51)42-39-36-33-30-18-15-12-9-6-3)56-50(53)44-41-38-35-32-28-22-20-17-14-11-8-5-2/h9,12,16-20,23-24,30,36,39,47H,4-8,10-11,13-15,21-22,25-29,31-35,37-38,40-46H2,1-3H3/b12-9-,19-16-,20-17-,24-23-,30-18-,39-36-. The van der Waals surface area contributed by atoms with E-state index >= 15 is 0 Å². The summed E-state index contributed by atoms with van der Waals surface area (Å²) < 4.78 is 16.6. The van der Waals surface area contributed by atoms with Gasteiger partial charge in [0.2, 0.25) is 0 Å². The van der Waals surface area contributed by atoms with Gasteiger partial charge in [0.1, 0.15) is 13.2 Å². The highest BCUT2D eigenvalue weighted by Gasteiger charge is 2.19. The van der Waals surface area contributed by atoms with Gasteiger partial charge in [-0.1, -0.05) is 171 Å². The minimum atomic E-state index is -0.815. The lowest BCUT2D eigenvalue weighted by molar-refractivity contribution is -0.166. The molecule has 1 atom stereocenters. The normalized spacial score (nSPS) is 12.7. The van der Waals surface area contributed by atoms with Crippen molar-refractivity contribution in [1.29, 1.82) is 0 Å². The molecular formula is C50H84O6. The zero-order valence-corrected chi connectivity index (χ0v) is 36.4. The lowest BCUT2D eigenvalue weighted by Gasteiger charge is -2.18. The van der Waals surface area contributed by atoms with Crippen LogP contribution in [-0.4, -0.2) is 37.2 Å². The van der Waals surface area contributed by atoms with Gasteiger partial charge in [-0.25, -0.2) is 0 Å². The van der Waals surface area contributed by atoms with Gasteiger partial charge in [0.25, 0.3) is 0 Å². The molecule has 0 heterocycles. The maximum Gasteiger partial charge on any atom is 0.309 e. The van der Waals surface area contributed by atoms with Crippen LogP contribution in [0.1, 0.15) is 207 Å². The number of allylic oxidation sites excluding steroid dienone is 11. The van der Waals surface area contributed by atoms with E-state index < -0.39 is 12.1 Å². The van der Waals surface area contributed by atoms with E-state index in [1.54, 1.807) is 6.08 Å². The Kier molecular flexibility index (Phi) is 42.1. The zero-order valence-electron chi connectivity index (χ0n) is 36.4. The van der Waals surface area contributed by atoms with Crippen molar-refractivity contribution in [1.82, 2.24) is 0 Å². The van der Waals surface area contributed by atoms with Crippen LogP contribution in [0, 0.1) is 0 Å². The molecule has 0 bridgehead atoms. The van der Waals surface area contributed by atoms with Gasteiger partial charge in [-0.05, 0) is 89.9 Å². The third kappa shape index (κ3) is 42.0. The Bertz CT molecular complexity index is 1080. The average molecular weight is 781 g/mol. The molecule has 0 radical (unpaired) electrons. The summed E-state index contributed by atoms with van der Waals surface area (Å²) in [6.07, 6.45) is 54.9. The second-order valence-electron chi connectivity index (χ2n) is 14.9. The average Bonchev–Trinajstić information content (AvgIpc) is 3.19. The molecule has 0 aliphatic carbocycles. The lowest BCUT2D eigenvalue weighted by Crippen LogP contribution is -2.30. The molecular weight excluding hydrogens is 697 g/mol. The van der Waals surface area contributed by atoms with Gasteiger partial charge >= 0.3 is 17.9 Å². The largest absolute Gasteiger partial charge is 0.462 e. The summed E-state index contributed by atoms with van der Waals surface area (Å²) in [4.78, 5) is 37.6. The molecule has 0 aliphatic heterocycles. The second-order valence-corrected chi connectivity index (χ2v) is 14.9. The van der Waals surface area contributed by atoms with Gasteiger partial charge in [0.15, 0.2) is 6.10 Å². The molecule has 0 saturated heterocycles. The van der Waals surface area contributed by atoms with Gasteiger partial charge in [-0.15, -0.1) is 0 Å². The van der Waals surface area contributed by atoms with E-state index in [-0.39, 0.29) is 31.6 Å². The Hall–Kier alpha value is -3.15. The third-order valence-electron chi connectivity index (χ3n) is 9.45. The smallest absolute Gasteiger partial charge is 0.309 e. The fraction of sp³-hybridized carbons (Fsp3) is 0.700. The van der Waals surface area contributed by atoms with Crippen LogP contribution >= 0.6 is 0 Å². The van der Waals surface area contributed by atoms with Crippen molar-refractivity contribution < 1.29 is 28.6 Å². The van der Waals surface area contributed by atoms with E-state index in [4.69, 9.17) is 14.2 Å². The fourth-order valence-electron chi connectivity index (χ4n) is 6.00. The van der Waals surface area contributed by atoms with Crippen LogP contribution in [0.25, 0.3) is 0 Å². The Morgan fingerprint density at radius 2 is 0.768 bits per heavy atom. The lowest BCUT2D eigenvalue weighted by atomic mass is 10.1. The number of carbonyl (C=O) groups excluding carboxylic acids is 3. The third-order valence-corrected chi connectivity index (χ3v) is 9.45. The van der Waals surface area contributed by atoms with Crippen LogP contribution in [0.4, 0.5) is 0 Å². The first-order valence-electron chi connectivity index (χ1n) is 22.9. The molecule has 0 aromatic carbocycles. The Labute approximate surface area is 344 Å². The molecule has 0 aliphatic rings. The zero-order chi connectivity index (χ0) is 40.8. The highest BCUT2D eigenvalue weighted by atomic mass is 16.6. The summed E-state index contributed by atoms with van der Waals surface area (Å²) in [7, 11) is 0. The monoisotopic (exact) mass is 781 g/mol. The minimum Gasteiger partial charge on any atom is -0.462 e. The SMILES string of the molecule is CC/C=C\C/C=C\C/C=C\CC(=O)OCC(COC(=O)CCCCCCCCC/C=C\C/C=C\CCCCC)OC(=O)CCCCCCC/C=C\CCCCC. The molecule has 0 fully saturated rings. The number of rotatable bonds is 40. The number of esters is 3. The Balaban J connectivity index is 4.41. The Morgan fingerprint density at radius 3 is 1.27 bits per heavy atom. The highest BCUT2D eigenvalue weighted by Crippen LogP contribution is 2.13. The maximum absolute atomic E-state index is 12.7. The summed E-state index contributed by atoms with van der Waals surface area (Å²) in [6, 6.07) is 0. The predicted octanol–water partition coefficient (Wildman–Crippen LogP) is 14.7. The van der Waals surface area contributed by atoms with Crippen LogP contribution in [0.15, 0.2) is 72.9 Å². The quantitative estimate of drug-likeness (QED) is 0.0267. The van der Waals surface area contributed by atoms with Crippen molar-refractivity contribution in [2.75, 3.05) is 13.2 Å². The molecule has 6 heteroatoms. The van der Waals surface area contributed by atoms with E-state index in [0.29, 0.717) is 12.8 Å². The molecule has 6 nitrogen and oxygen atoms in total. The number of ether oxygens (including phenoxy) is 3. The van der Waals surface area contributed by atoms with E-state index in [1.165, 1.54) is 83.5 Å². The van der Waals surface area contributed by atoms with E-state index in [0.717, 1.165) is 83.5 Å². The first-order valence-corrected chi connectivity index (χ1v) is 22.9. The molecule has 0 N–H and O–H groups in total. The summed E-state index contributed by atoms with van der Waals surface area (Å²) >= 11 is 0. The molecule has 0 rings (SSSR count). The molecule has 0 spiro atoms. The van der Waals surface area contributed by atoms with E-state index in [9.17, 15) is 14.4 Å². The molecule has 56 heavy (non-hydrogen) atoms. The van der Waals surface area contributed by atoms with Gasteiger partial charge in [-0.2, -0.15) is 0 Å². The summed E-state index contributed by atoms with van der Waals surface area (Å²) in [5.74, 6) is -1.06. The van der Waals surface area contributed by atoms with Crippen molar-refractivity contribution >= 4 is 17.9 Å². The minimum absolute atomic E-state index is 0.110. The second kappa shape index (κ2) is 44.6.